The number of rotatable bonds is 6. The van der Waals surface area contributed by atoms with Crippen LogP contribution in [0.2, 0.25) is 0 Å². The predicted molar refractivity (Wildman–Crippen MR) is 124 cm³/mol. The Morgan fingerprint density at radius 1 is 1.06 bits per heavy atom. The minimum atomic E-state index is -1.01. The van der Waals surface area contributed by atoms with Gasteiger partial charge in [0.05, 0.1) is 39.9 Å². The van der Waals surface area contributed by atoms with Crippen molar-refractivity contribution in [3.05, 3.63) is 23.7 Å². The summed E-state index contributed by atoms with van der Waals surface area (Å²) >= 11 is 1.55. The van der Waals surface area contributed by atoms with E-state index in [-0.39, 0.29) is 0 Å². The highest BCUT2D eigenvalue weighted by atomic mass is 32.1. The number of fused-ring (bicyclic) bond motifs is 1. The van der Waals surface area contributed by atoms with Gasteiger partial charge in [-0.1, -0.05) is 0 Å². The standard InChI is InChI=1S/C22H28N6O3S/c1-9-16(21-27-17-10(2)23-7-6-15(17)32-21)20(28-22(24-9)25-12-4-5-12)26-14-8-13(11(3)29)18(30)19(14)31/h6-7,11-14,18-19,29-31H,4-5,8H2,1-3H3,(H2,24,25,26,28)/t11?,13-,14-,18-,19+/m1/s1. The number of anilines is 2. The average molecular weight is 457 g/mol. The molecule has 32 heavy (non-hydrogen) atoms. The molecule has 0 aromatic carbocycles. The number of pyridine rings is 1. The third-order valence-corrected chi connectivity index (χ3v) is 7.41. The maximum absolute atomic E-state index is 10.6. The molecule has 5 atom stereocenters. The van der Waals surface area contributed by atoms with Crippen LogP contribution in [-0.2, 0) is 0 Å². The lowest BCUT2D eigenvalue weighted by Crippen LogP contribution is -2.36. The van der Waals surface area contributed by atoms with E-state index in [4.69, 9.17) is 9.97 Å². The van der Waals surface area contributed by atoms with Crippen molar-refractivity contribution in [1.82, 2.24) is 19.9 Å². The lowest BCUT2D eigenvalue weighted by molar-refractivity contribution is -0.0162. The highest BCUT2D eigenvalue weighted by molar-refractivity contribution is 7.21. The second-order valence-corrected chi connectivity index (χ2v) is 9.94. The first kappa shape index (κ1) is 21.4. The van der Waals surface area contributed by atoms with E-state index in [1.165, 1.54) is 0 Å². The summed E-state index contributed by atoms with van der Waals surface area (Å²) in [6, 6.07) is 1.88. The first-order valence-electron chi connectivity index (χ1n) is 11.0. The van der Waals surface area contributed by atoms with Gasteiger partial charge in [-0.05, 0) is 46.1 Å². The van der Waals surface area contributed by atoms with Crippen LogP contribution in [-0.4, -0.2) is 65.7 Å². The van der Waals surface area contributed by atoms with Gasteiger partial charge in [-0.3, -0.25) is 4.98 Å². The summed E-state index contributed by atoms with van der Waals surface area (Å²) in [5, 5.41) is 38.5. The second kappa shape index (κ2) is 8.18. The molecule has 0 bridgehead atoms. The van der Waals surface area contributed by atoms with E-state index in [9.17, 15) is 15.3 Å². The normalized spacial score (nSPS) is 26.4. The molecule has 2 fully saturated rings. The molecular weight excluding hydrogens is 428 g/mol. The molecule has 1 unspecified atom stereocenters. The number of aliphatic hydroxyl groups is 3. The fraction of sp³-hybridized carbons (Fsp3) is 0.545. The summed E-state index contributed by atoms with van der Waals surface area (Å²) in [5.41, 5.74) is 3.26. The molecule has 0 radical (unpaired) electrons. The summed E-state index contributed by atoms with van der Waals surface area (Å²) in [7, 11) is 0. The van der Waals surface area contributed by atoms with Gasteiger partial charge >= 0.3 is 0 Å². The Hall–Kier alpha value is -2.40. The Morgan fingerprint density at radius 3 is 2.50 bits per heavy atom. The van der Waals surface area contributed by atoms with Crippen LogP contribution < -0.4 is 10.6 Å². The molecule has 0 aliphatic heterocycles. The van der Waals surface area contributed by atoms with E-state index in [1.54, 1.807) is 24.5 Å². The molecule has 0 saturated heterocycles. The molecule has 2 aliphatic carbocycles. The quantitative estimate of drug-likeness (QED) is 0.378. The van der Waals surface area contributed by atoms with Gasteiger partial charge < -0.3 is 26.0 Å². The van der Waals surface area contributed by atoms with E-state index in [1.807, 2.05) is 19.9 Å². The molecule has 2 aliphatic rings. The topological polar surface area (TPSA) is 136 Å². The molecule has 0 amide bonds. The molecule has 2 saturated carbocycles. The molecule has 3 heterocycles. The van der Waals surface area contributed by atoms with Crippen molar-refractivity contribution in [2.75, 3.05) is 10.6 Å². The van der Waals surface area contributed by atoms with Gasteiger partial charge in [0.25, 0.3) is 0 Å². The summed E-state index contributed by atoms with van der Waals surface area (Å²) in [6.45, 7) is 5.50. The summed E-state index contributed by atoms with van der Waals surface area (Å²) in [4.78, 5) is 18.6. The van der Waals surface area contributed by atoms with Gasteiger partial charge in [0.15, 0.2) is 0 Å². The molecular formula is C22H28N6O3S. The molecule has 10 heteroatoms. The first-order chi connectivity index (χ1) is 15.3. The molecule has 5 N–H and O–H groups in total. The predicted octanol–water partition coefficient (Wildman–Crippen LogP) is 2.24. The van der Waals surface area contributed by atoms with Crippen LogP contribution in [0.4, 0.5) is 11.8 Å². The average Bonchev–Trinajstić information content (AvgIpc) is 3.36. The van der Waals surface area contributed by atoms with Crippen molar-refractivity contribution in [1.29, 1.82) is 0 Å². The van der Waals surface area contributed by atoms with E-state index in [0.29, 0.717) is 24.2 Å². The Kier molecular flexibility index (Phi) is 5.48. The number of hydrogen-bond donors (Lipinski definition) is 5. The Balaban J connectivity index is 1.56. The molecule has 5 rings (SSSR count). The minimum Gasteiger partial charge on any atom is -0.393 e. The molecule has 170 valence electrons. The van der Waals surface area contributed by atoms with Crippen LogP contribution >= 0.6 is 11.3 Å². The van der Waals surface area contributed by atoms with Crippen molar-refractivity contribution >= 4 is 33.3 Å². The number of nitrogens with zero attached hydrogens (tertiary/aromatic N) is 4. The molecule has 9 nitrogen and oxygen atoms in total. The number of hydrogen-bond acceptors (Lipinski definition) is 10. The first-order valence-corrected chi connectivity index (χ1v) is 11.8. The zero-order valence-electron chi connectivity index (χ0n) is 18.3. The van der Waals surface area contributed by atoms with Crippen LogP contribution in [0.3, 0.4) is 0 Å². The van der Waals surface area contributed by atoms with Gasteiger partial charge in [0.1, 0.15) is 22.4 Å². The van der Waals surface area contributed by atoms with Crippen molar-refractivity contribution in [2.24, 2.45) is 5.92 Å². The Morgan fingerprint density at radius 2 is 1.84 bits per heavy atom. The molecule has 3 aromatic rings. The zero-order valence-corrected chi connectivity index (χ0v) is 19.1. The van der Waals surface area contributed by atoms with Gasteiger partial charge in [-0.15, -0.1) is 11.3 Å². The van der Waals surface area contributed by atoms with Crippen LogP contribution in [0.1, 0.15) is 37.6 Å². The second-order valence-electron chi connectivity index (χ2n) is 8.91. The highest BCUT2D eigenvalue weighted by Crippen LogP contribution is 2.39. The number of thiazole rings is 1. The van der Waals surface area contributed by atoms with E-state index in [2.05, 4.69) is 20.6 Å². The van der Waals surface area contributed by atoms with Crippen LogP contribution in [0.15, 0.2) is 12.3 Å². The van der Waals surface area contributed by atoms with Gasteiger partial charge in [0.2, 0.25) is 5.95 Å². The van der Waals surface area contributed by atoms with Crippen LogP contribution in [0.5, 0.6) is 0 Å². The lowest BCUT2D eigenvalue weighted by atomic mass is 10.00. The maximum atomic E-state index is 10.6. The minimum absolute atomic E-state index is 0.391. The Labute approximate surface area is 190 Å². The van der Waals surface area contributed by atoms with Crippen molar-refractivity contribution < 1.29 is 15.3 Å². The van der Waals surface area contributed by atoms with E-state index < -0.39 is 30.3 Å². The molecule has 0 spiro atoms. The lowest BCUT2D eigenvalue weighted by Gasteiger charge is -2.21. The largest absolute Gasteiger partial charge is 0.393 e. The fourth-order valence-corrected chi connectivity index (χ4v) is 5.47. The van der Waals surface area contributed by atoms with Gasteiger partial charge in [-0.2, -0.15) is 4.98 Å². The zero-order chi connectivity index (χ0) is 22.6. The van der Waals surface area contributed by atoms with Gasteiger partial charge in [-0.25, -0.2) is 9.97 Å². The smallest absolute Gasteiger partial charge is 0.225 e. The number of aryl methyl sites for hydroxylation is 2. The highest BCUT2D eigenvalue weighted by Gasteiger charge is 2.44. The third kappa shape index (κ3) is 3.92. The summed E-state index contributed by atoms with van der Waals surface area (Å²) in [6.07, 6.45) is 1.67. The third-order valence-electron chi connectivity index (χ3n) is 6.37. The number of nitrogens with one attached hydrogen (secondary N) is 2. The SMILES string of the molecule is Cc1nc(NC2CC2)nc(N[C@@H]2C[C@H](C(C)O)[C@@H](O)[C@H]2O)c1-c1nc2c(C)nccc2s1. The fourth-order valence-electron chi connectivity index (χ4n) is 4.36. The van der Waals surface area contributed by atoms with Crippen molar-refractivity contribution in [3.63, 3.8) is 0 Å². The van der Waals surface area contributed by atoms with Gasteiger partial charge in [0, 0.05) is 18.2 Å². The van der Waals surface area contributed by atoms with Crippen molar-refractivity contribution in [2.45, 2.75) is 70.4 Å². The van der Waals surface area contributed by atoms with Crippen LogP contribution in [0.25, 0.3) is 20.8 Å². The number of aliphatic hydroxyl groups excluding tert-OH is 3. The monoisotopic (exact) mass is 456 g/mol. The molecule has 3 aromatic heterocycles. The Bertz CT molecular complexity index is 1150. The summed E-state index contributed by atoms with van der Waals surface area (Å²) < 4.78 is 1.03. The van der Waals surface area contributed by atoms with Crippen molar-refractivity contribution in [3.8, 4) is 10.6 Å². The maximum Gasteiger partial charge on any atom is 0.225 e. The number of aromatic nitrogens is 4. The van der Waals surface area contributed by atoms with E-state index >= 15 is 0 Å². The van der Waals surface area contributed by atoms with E-state index in [0.717, 1.165) is 45.0 Å². The van der Waals surface area contributed by atoms with Crippen LogP contribution in [0, 0.1) is 19.8 Å². The summed E-state index contributed by atoms with van der Waals surface area (Å²) in [5.74, 6) is 0.692.